The molecule has 0 amide bonds. The van der Waals surface area contributed by atoms with Gasteiger partial charge in [0.15, 0.2) is 0 Å². The van der Waals surface area contributed by atoms with Crippen molar-refractivity contribution in [3.05, 3.63) is 46.3 Å². The Morgan fingerprint density at radius 3 is 2.85 bits per heavy atom. The Balaban J connectivity index is 2.61. The van der Waals surface area contributed by atoms with Gasteiger partial charge in [0, 0.05) is 16.4 Å². The highest BCUT2D eigenvalue weighted by atomic mass is 79.9. The van der Waals surface area contributed by atoms with E-state index in [9.17, 15) is 0 Å². The van der Waals surface area contributed by atoms with Gasteiger partial charge < -0.3 is 5.32 Å². The SMILES string of the molecule is CC/C(C)=C\C=C1\C=CC(Br)=CN1. The van der Waals surface area contributed by atoms with Gasteiger partial charge in [-0.2, -0.15) is 0 Å². The van der Waals surface area contributed by atoms with Gasteiger partial charge >= 0.3 is 0 Å². The standard InChI is InChI=1S/C11H14BrN/c1-3-9(2)4-6-11-7-5-10(12)8-13-11/h4-8,13H,3H2,1-2H3/b9-4-,11-6-. The molecular formula is C11H14BrN. The van der Waals surface area contributed by atoms with Crippen molar-refractivity contribution in [1.82, 2.24) is 5.32 Å². The minimum Gasteiger partial charge on any atom is -0.361 e. The van der Waals surface area contributed by atoms with Gasteiger partial charge in [-0.3, -0.25) is 0 Å². The molecule has 1 rings (SSSR count). The molecule has 0 saturated heterocycles. The lowest BCUT2D eigenvalue weighted by Gasteiger charge is -2.06. The summed E-state index contributed by atoms with van der Waals surface area (Å²) in [6.45, 7) is 4.29. The lowest BCUT2D eigenvalue weighted by molar-refractivity contribution is 1.08. The molecule has 13 heavy (non-hydrogen) atoms. The summed E-state index contributed by atoms with van der Waals surface area (Å²) < 4.78 is 1.07. The Bertz CT molecular complexity index is 295. The van der Waals surface area contributed by atoms with E-state index < -0.39 is 0 Å². The molecule has 1 heterocycles. The fourth-order valence-corrected chi connectivity index (χ4v) is 1.12. The van der Waals surface area contributed by atoms with Crippen LogP contribution in [-0.2, 0) is 0 Å². The molecule has 2 heteroatoms. The van der Waals surface area contributed by atoms with Crippen LogP contribution >= 0.6 is 15.9 Å². The zero-order chi connectivity index (χ0) is 9.68. The lowest BCUT2D eigenvalue weighted by Crippen LogP contribution is -2.05. The third-order valence-corrected chi connectivity index (χ3v) is 2.40. The largest absolute Gasteiger partial charge is 0.361 e. The molecule has 0 aliphatic carbocycles. The molecule has 1 N–H and O–H groups in total. The maximum atomic E-state index is 3.38. The number of hydrogen-bond acceptors (Lipinski definition) is 1. The van der Waals surface area contributed by atoms with E-state index in [1.54, 1.807) is 0 Å². The second kappa shape index (κ2) is 5.07. The average Bonchev–Trinajstić information content (AvgIpc) is 2.16. The van der Waals surface area contributed by atoms with E-state index >= 15 is 0 Å². The quantitative estimate of drug-likeness (QED) is 0.777. The minimum absolute atomic E-state index is 1.07. The normalized spacial score (nSPS) is 20.1. The molecule has 1 aliphatic heterocycles. The van der Waals surface area contributed by atoms with Crippen molar-refractivity contribution in [3.63, 3.8) is 0 Å². The summed E-state index contributed by atoms with van der Waals surface area (Å²) in [5.74, 6) is 0. The Kier molecular flexibility index (Phi) is 4.03. The van der Waals surface area contributed by atoms with E-state index in [-0.39, 0.29) is 0 Å². The van der Waals surface area contributed by atoms with Crippen molar-refractivity contribution < 1.29 is 0 Å². The number of hydrogen-bond donors (Lipinski definition) is 1. The van der Waals surface area contributed by atoms with E-state index in [1.165, 1.54) is 5.57 Å². The lowest BCUT2D eigenvalue weighted by atomic mass is 10.2. The first-order valence-electron chi connectivity index (χ1n) is 4.40. The molecule has 0 fully saturated rings. The number of rotatable bonds is 2. The van der Waals surface area contributed by atoms with Crippen molar-refractivity contribution in [2.24, 2.45) is 0 Å². The molecule has 1 aliphatic rings. The average molecular weight is 240 g/mol. The molecule has 0 radical (unpaired) electrons. The van der Waals surface area contributed by atoms with Crippen molar-refractivity contribution in [2.45, 2.75) is 20.3 Å². The maximum absolute atomic E-state index is 3.38. The minimum atomic E-state index is 1.07. The Morgan fingerprint density at radius 2 is 2.31 bits per heavy atom. The molecular weight excluding hydrogens is 226 g/mol. The van der Waals surface area contributed by atoms with Crippen LogP contribution in [0.3, 0.4) is 0 Å². The van der Waals surface area contributed by atoms with E-state index in [2.05, 4.69) is 47.2 Å². The van der Waals surface area contributed by atoms with Crippen molar-refractivity contribution in [2.75, 3.05) is 0 Å². The van der Waals surface area contributed by atoms with Crippen LogP contribution in [0.2, 0.25) is 0 Å². The molecule has 0 aromatic rings. The van der Waals surface area contributed by atoms with Crippen LogP contribution in [0.15, 0.2) is 46.3 Å². The van der Waals surface area contributed by atoms with Gasteiger partial charge in [-0.25, -0.2) is 0 Å². The van der Waals surface area contributed by atoms with Crippen LogP contribution in [0, 0.1) is 0 Å². The highest BCUT2D eigenvalue weighted by Crippen LogP contribution is 2.12. The van der Waals surface area contributed by atoms with Gasteiger partial charge in [-0.1, -0.05) is 18.6 Å². The van der Waals surface area contributed by atoms with Crippen LogP contribution < -0.4 is 5.32 Å². The molecule has 0 spiro atoms. The monoisotopic (exact) mass is 239 g/mol. The Morgan fingerprint density at radius 1 is 1.54 bits per heavy atom. The van der Waals surface area contributed by atoms with E-state index in [0.29, 0.717) is 0 Å². The first-order valence-corrected chi connectivity index (χ1v) is 5.19. The second-order valence-electron chi connectivity index (χ2n) is 3.00. The predicted molar refractivity (Wildman–Crippen MR) is 61.4 cm³/mol. The highest BCUT2D eigenvalue weighted by Gasteiger charge is 1.94. The van der Waals surface area contributed by atoms with Crippen LogP contribution in [0.1, 0.15) is 20.3 Å². The van der Waals surface area contributed by atoms with Gasteiger partial charge in [-0.15, -0.1) is 0 Å². The smallest absolute Gasteiger partial charge is 0.0380 e. The zero-order valence-electron chi connectivity index (χ0n) is 7.97. The van der Waals surface area contributed by atoms with Crippen molar-refractivity contribution in [3.8, 4) is 0 Å². The summed E-state index contributed by atoms with van der Waals surface area (Å²) in [4.78, 5) is 0. The first kappa shape index (κ1) is 10.3. The molecule has 0 atom stereocenters. The molecule has 0 bridgehead atoms. The Labute approximate surface area is 88.0 Å². The summed E-state index contributed by atoms with van der Waals surface area (Å²) in [5.41, 5.74) is 2.51. The summed E-state index contributed by atoms with van der Waals surface area (Å²) in [6, 6.07) is 0. The Hall–Kier alpha value is -0.760. The van der Waals surface area contributed by atoms with Crippen molar-refractivity contribution >= 4 is 15.9 Å². The van der Waals surface area contributed by atoms with Crippen LogP contribution in [0.25, 0.3) is 0 Å². The van der Waals surface area contributed by atoms with Gasteiger partial charge in [0.05, 0.1) is 0 Å². The summed E-state index contributed by atoms with van der Waals surface area (Å²) in [5, 5.41) is 3.17. The first-order chi connectivity index (χ1) is 6.22. The third-order valence-electron chi connectivity index (χ3n) is 1.90. The van der Waals surface area contributed by atoms with Gasteiger partial charge in [0.2, 0.25) is 0 Å². The fraction of sp³-hybridized carbons (Fsp3) is 0.273. The fourth-order valence-electron chi connectivity index (χ4n) is 0.871. The van der Waals surface area contributed by atoms with Crippen LogP contribution in [0.4, 0.5) is 0 Å². The number of halogens is 1. The maximum Gasteiger partial charge on any atom is 0.0380 e. The molecule has 70 valence electrons. The molecule has 0 saturated carbocycles. The van der Waals surface area contributed by atoms with Gasteiger partial charge in [0.25, 0.3) is 0 Å². The van der Waals surface area contributed by atoms with Crippen molar-refractivity contribution in [1.29, 1.82) is 0 Å². The summed E-state index contributed by atoms with van der Waals surface area (Å²) in [7, 11) is 0. The second-order valence-corrected chi connectivity index (χ2v) is 3.91. The van der Waals surface area contributed by atoms with E-state index in [1.807, 2.05) is 18.4 Å². The van der Waals surface area contributed by atoms with E-state index in [0.717, 1.165) is 16.6 Å². The molecule has 1 nitrogen and oxygen atoms in total. The highest BCUT2D eigenvalue weighted by molar-refractivity contribution is 9.11. The van der Waals surface area contributed by atoms with Gasteiger partial charge in [-0.05, 0) is 47.5 Å². The van der Waals surface area contributed by atoms with Gasteiger partial charge in [0.1, 0.15) is 0 Å². The number of nitrogens with one attached hydrogen (secondary N) is 1. The number of allylic oxidation sites excluding steroid dienone is 6. The molecule has 0 aromatic heterocycles. The predicted octanol–water partition coefficient (Wildman–Crippen LogP) is 3.62. The van der Waals surface area contributed by atoms with Crippen LogP contribution in [-0.4, -0.2) is 0 Å². The zero-order valence-corrected chi connectivity index (χ0v) is 9.56. The summed E-state index contributed by atoms with van der Waals surface area (Å²) >= 11 is 3.38. The molecule has 0 unspecified atom stereocenters. The topological polar surface area (TPSA) is 12.0 Å². The van der Waals surface area contributed by atoms with E-state index in [4.69, 9.17) is 0 Å². The molecule has 0 aromatic carbocycles. The number of dihydropyridines is 1. The third kappa shape index (κ3) is 3.64. The summed E-state index contributed by atoms with van der Waals surface area (Å²) in [6.07, 6.45) is 11.3. The van der Waals surface area contributed by atoms with Crippen LogP contribution in [0.5, 0.6) is 0 Å².